The maximum absolute atomic E-state index is 7.43. The fraction of sp³-hybridized carbons (Fsp3) is 0.538. The van der Waals surface area contributed by atoms with Gasteiger partial charge in [-0.1, -0.05) is 6.42 Å². The van der Waals surface area contributed by atoms with Crippen molar-refractivity contribution in [3.05, 3.63) is 24.0 Å². The van der Waals surface area contributed by atoms with Gasteiger partial charge < -0.3 is 10.5 Å². The third kappa shape index (κ3) is 3.43. The second-order valence-electron chi connectivity index (χ2n) is 4.51. The first kappa shape index (κ1) is 12.8. The van der Waals surface area contributed by atoms with Gasteiger partial charge in [-0.2, -0.15) is 0 Å². The van der Waals surface area contributed by atoms with E-state index in [1.165, 1.54) is 19.3 Å². The molecule has 1 saturated heterocycles. The summed E-state index contributed by atoms with van der Waals surface area (Å²) in [5.74, 6) is 0.547. The summed E-state index contributed by atoms with van der Waals surface area (Å²) >= 11 is 0. The minimum Gasteiger partial charge on any atom is -0.490 e. The summed E-state index contributed by atoms with van der Waals surface area (Å²) in [5.41, 5.74) is 5.89. The Kier molecular flexibility index (Phi) is 4.52. The summed E-state index contributed by atoms with van der Waals surface area (Å²) in [4.78, 5) is 6.47. The molecule has 0 bridgehead atoms. The molecular weight excluding hydrogens is 228 g/mol. The van der Waals surface area contributed by atoms with Crippen LogP contribution in [0.3, 0.4) is 0 Å². The molecule has 0 aliphatic carbocycles. The lowest BCUT2D eigenvalue weighted by atomic mass is 10.1. The summed E-state index contributed by atoms with van der Waals surface area (Å²) in [7, 11) is 0. The van der Waals surface area contributed by atoms with E-state index in [1.807, 2.05) is 0 Å². The highest BCUT2D eigenvalue weighted by atomic mass is 16.5. The van der Waals surface area contributed by atoms with Crippen molar-refractivity contribution >= 4 is 5.84 Å². The van der Waals surface area contributed by atoms with Gasteiger partial charge in [0.2, 0.25) is 0 Å². The van der Waals surface area contributed by atoms with Crippen LogP contribution in [-0.4, -0.2) is 42.0 Å². The van der Waals surface area contributed by atoms with Crippen LogP contribution >= 0.6 is 0 Å². The second kappa shape index (κ2) is 6.35. The molecule has 5 nitrogen and oxygen atoms in total. The first-order valence-corrected chi connectivity index (χ1v) is 6.42. The molecule has 98 valence electrons. The average molecular weight is 248 g/mol. The number of likely N-dealkylation sites (tertiary alicyclic amines) is 1. The van der Waals surface area contributed by atoms with E-state index >= 15 is 0 Å². The van der Waals surface area contributed by atoms with Gasteiger partial charge in [-0.15, -0.1) is 0 Å². The Labute approximate surface area is 107 Å². The number of pyridine rings is 1. The highest BCUT2D eigenvalue weighted by Crippen LogP contribution is 2.15. The van der Waals surface area contributed by atoms with Crippen molar-refractivity contribution < 1.29 is 4.74 Å². The molecule has 1 fully saturated rings. The Bertz CT molecular complexity index is 402. The van der Waals surface area contributed by atoms with E-state index in [4.69, 9.17) is 15.9 Å². The fourth-order valence-corrected chi connectivity index (χ4v) is 2.18. The third-order valence-electron chi connectivity index (χ3n) is 3.14. The zero-order valence-electron chi connectivity index (χ0n) is 10.6. The van der Waals surface area contributed by atoms with Crippen molar-refractivity contribution in [3.8, 4) is 5.75 Å². The zero-order valence-corrected chi connectivity index (χ0v) is 10.6. The first-order valence-electron chi connectivity index (χ1n) is 6.42. The van der Waals surface area contributed by atoms with Crippen molar-refractivity contribution in [3.63, 3.8) is 0 Å². The van der Waals surface area contributed by atoms with E-state index in [2.05, 4.69) is 9.88 Å². The van der Waals surface area contributed by atoms with Crippen molar-refractivity contribution in [1.82, 2.24) is 9.88 Å². The number of piperidine rings is 1. The molecule has 2 heterocycles. The number of nitrogens with zero attached hydrogens (tertiary/aromatic N) is 2. The van der Waals surface area contributed by atoms with Gasteiger partial charge in [0.25, 0.3) is 0 Å². The van der Waals surface area contributed by atoms with E-state index in [0.29, 0.717) is 18.1 Å². The third-order valence-corrected chi connectivity index (χ3v) is 3.14. The molecule has 1 aliphatic rings. The number of ether oxygens (including phenoxy) is 1. The molecule has 18 heavy (non-hydrogen) atoms. The quantitative estimate of drug-likeness (QED) is 0.607. The Balaban J connectivity index is 1.84. The van der Waals surface area contributed by atoms with E-state index < -0.39 is 0 Å². The monoisotopic (exact) mass is 248 g/mol. The summed E-state index contributed by atoms with van der Waals surface area (Å²) in [6, 6.07) is 3.60. The molecule has 0 unspecified atom stereocenters. The van der Waals surface area contributed by atoms with Crippen molar-refractivity contribution in [1.29, 1.82) is 5.41 Å². The number of hydrogen-bond donors (Lipinski definition) is 2. The molecule has 0 amide bonds. The maximum Gasteiger partial charge on any atom is 0.148 e. The lowest BCUT2D eigenvalue weighted by Gasteiger charge is -2.26. The molecule has 1 aliphatic heterocycles. The Morgan fingerprint density at radius 2 is 2.17 bits per heavy atom. The van der Waals surface area contributed by atoms with Crippen LogP contribution in [0.4, 0.5) is 0 Å². The standard InChI is InChI=1S/C13H20N4O/c14-13(15)12-11(5-4-6-16-12)18-10-9-17-7-2-1-3-8-17/h4-6H,1-3,7-10H2,(H3,14,15). The lowest BCUT2D eigenvalue weighted by Crippen LogP contribution is -2.33. The van der Waals surface area contributed by atoms with Crippen LogP contribution < -0.4 is 10.5 Å². The van der Waals surface area contributed by atoms with E-state index in [0.717, 1.165) is 19.6 Å². The van der Waals surface area contributed by atoms with Gasteiger partial charge in [0.15, 0.2) is 0 Å². The van der Waals surface area contributed by atoms with Gasteiger partial charge in [-0.05, 0) is 38.1 Å². The van der Waals surface area contributed by atoms with Crippen molar-refractivity contribution in [2.45, 2.75) is 19.3 Å². The summed E-state index contributed by atoms with van der Waals surface area (Å²) in [5, 5.41) is 7.43. The molecule has 0 radical (unpaired) electrons. The van der Waals surface area contributed by atoms with E-state index in [1.54, 1.807) is 18.3 Å². The number of amidine groups is 1. The van der Waals surface area contributed by atoms with Crippen LogP contribution in [0, 0.1) is 5.41 Å². The molecule has 3 N–H and O–H groups in total. The molecule has 0 aromatic carbocycles. The van der Waals surface area contributed by atoms with Gasteiger partial charge in [0.05, 0.1) is 0 Å². The van der Waals surface area contributed by atoms with Gasteiger partial charge in [-0.25, -0.2) is 4.98 Å². The van der Waals surface area contributed by atoms with E-state index in [-0.39, 0.29) is 5.84 Å². The van der Waals surface area contributed by atoms with Crippen LogP contribution in [0.25, 0.3) is 0 Å². The van der Waals surface area contributed by atoms with Crippen LogP contribution in [0.15, 0.2) is 18.3 Å². The number of rotatable bonds is 5. The number of hydrogen-bond acceptors (Lipinski definition) is 4. The summed E-state index contributed by atoms with van der Waals surface area (Å²) in [6.07, 6.45) is 5.53. The van der Waals surface area contributed by atoms with Gasteiger partial charge in [0.1, 0.15) is 23.9 Å². The van der Waals surface area contributed by atoms with Crippen LogP contribution in [0.2, 0.25) is 0 Å². The molecule has 1 aromatic heterocycles. The lowest BCUT2D eigenvalue weighted by molar-refractivity contribution is 0.183. The SMILES string of the molecule is N=C(N)c1ncccc1OCCN1CCCCC1. The topological polar surface area (TPSA) is 75.2 Å². The Morgan fingerprint density at radius 1 is 1.39 bits per heavy atom. The smallest absolute Gasteiger partial charge is 0.148 e. The zero-order chi connectivity index (χ0) is 12.8. The molecule has 2 rings (SSSR count). The first-order chi connectivity index (χ1) is 8.77. The minimum atomic E-state index is -0.0522. The molecule has 1 aromatic rings. The van der Waals surface area contributed by atoms with Crippen LogP contribution in [0.5, 0.6) is 5.75 Å². The predicted molar refractivity (Wildman–Crippen MR) is 71.0 cm³/mol. The van der Waals surface area contributed by atoms with Gasteiger partial charge >= 0.3 is 0 Å². The summed E-state index contributed by atoms with van der Waals surface area (Å²) < 4.78 is 5.68. The van der Waals surface area contributed by atoms with Crippen LogP contribution in [-0.2, 0) is 0 Å². The van der Waals surface area contributed by atoms with E-state index in [9.17, 15) is 0 Å². The normalized spacial score (nSPS) is 16.4. The van der Waals surface area contributed by atoms with Crippen molar-refractivity contribution in [2.75, 3.05) is 26.2 Å². The largest absolute Gasteiger partial charge is 0.490 e. The highest BCUT2D eigenvalue weighted by Gasteiger charge is 2.11. The Hall–Kier alpha value is -1.62. The van der Waals surface area contributed by atoms with Gasteiger partial charge in [-0.3, -0.25) is 10.3 Å². The maximum atomic E-state index is 7.43. The average Bonchev–Trinajstić information content (AvgIpc) is 2.40. The predicted octanol–water partition coefficient (Wildman–Crippen LogP) is 1.23. The molecule has 0 spiro atoms. The highest BCUT2D eigenvalue weighted by molar-refractivity contribution is 5.95. The molecular formula is C13H20N4O. The van der Waals surface area contributed by atoms with Crippen LogP contribution in [0.1, 0.15) is 25.0 Å². The molecule has 0 atom stereocenters. The minimum absolute atomic E-state index is 0.0522. The molecule has 5 heteroatoms. The molecule has 0 saturated carbocycles. The second-order valence-corrected chi connectivity index (χ2v) is 4.51. The number of aromatic nitrogens is 1. The van der Waals surface area contributed by atoms with Crippen molar-refractivity contribution in [2.24, 2.45) is 5.73 Å². The Morgan fingerprint density at radius 3 is 2.89 bits per heavy atom. The summed E-state index contributed by atoms with van der Waals surface area (Å²) in [6.45, 7) is 3.87. The van der Waals surface area contributed by atoms with Gasteiger partial charge in [0, 0.05) is 12.7 Å². The fourth-order valence-electron chi connectivity index (χ4n) is 2.18. The number of nitrogens with one attached hydrogen (secondary N) is 1. The number of nitrogens with two attached hydrogens (primary N) is 1. The number of nitrogen functional groups attached to an aromatic ring is 1.